The van der Waals surface area contributed by atoms with E-state index < -0.39 is 23.4 Å². The Hall–Kier alpha value is -2.25. The molecule has 118 valence electrons. The standard InChI is InChI=1S/C14H14ClFN2O4/c1-17-7-9(12(19)14(17)21)13(20)18(22-2)6-8-3-4-11(16)10(15)5-8/h3-5,7,19,21H,6H2,1-2H3. The average molecular weight is 329 g/mol. The molecule has 0 fully saturated rings. The van der Waals surface area contributed by atoms with E-state index in [4.69, 9.17) is 16.4 Å². The summed E-state index contributed by atoms with van der Waals surface area (Å²) in [6, 6.07) is 4.02. The fourth-order valence-corrected chi connectivity index (χ4v) is 2.12. The van der Waals surface area contributed by atoms with Gasteiger partial charge >= 0.3 is 0 Å². The van der Waals surface area contributed by atoms with Crippen LogP contribution in [0.15, 0.2) is 24.4 Å². The molecule has 0 atom stereocenters. The first-order valence-electron chi connectivity index (χ1n) is 6.22. The molecule has 1 amide bonds. The molecule has 0 saturated carbocycles. The third-order valence-electron chi connectivity index (χ3n) is 3.11. The number of aromatic nitrogens is 1. The number of halogens is 2. The van der Waals surface area contributed by atoms with Gasteiger partial charge in [0.2, 0.25) is 5.88 Å². The highest BCUT2D eigenvalue weighted by atomic mass is 35.5. The van der Waals surface area contributed by atoms with Crippen molar-refractivity contribution in [3.8, 4) is 11.6 Å². The van der Waals surface area contributed by atoms with Crippen LogP contribution in [0, 0.1) is 5.82 Å². The van der Waals surface area contributed by atoms with Gasteiger partial charge in [0.15, 0.2) is 5.75 Å². The lowest BCUT2D eigenvalue weighted by molar-refractivity contribution is -0.102. The number of aromatic hydroxyl groups is 2. The first kappa shape index (κ1) is 16.1. The minimum Gasteiger partial charge on any atom is -0.503 e. The highest BCUT2D eigenvalue weighted by Gasteiger charge is 2.24. The molecule has 6 nitrogen and oxygen atoms in total. The van der Waals surface area contributed by atoms with Crippen molar-refractivity contribution in [3.63, 3.8) is 0 Å². The number of hydrogen-bond acceptors (Lipinski definition) is 4. The van der Waals surface area contributed by atoms with E-state index >= 15 is 0 Å². The number of aryl methyl sites for hydroxylation is 1. The topological polar surface area (TPSA) is 74.9 Å². The SMILES string of the molecule is CON(Cc1ccc(F)c(Cl)c1)C(=O)c1cn(C)c(O)c1O. The number of benzene rings is 1. The summed E-state index contributed by atoms with van der Waals surface area (Å²) in [5.41, 5.74) is 0.427. The molecule has 1 heterocycles. The van der Waals surface area contributed by atoms with Crippen LogP contribution >= 0.6 is 11.6 Å². The molecule has 22 heavy (non-hydrogen) atoms. The largest absolute Gasteiger partial charge is 0.503 e. The van der Waals surface area contributed by atoms with Crippen molar-refractivity contribution in [2.45, 2.75) is 6.54 Å². The summed E-state index contributed by atoms with van der Waals surface area (Å²) in [5, 5.41) is 20.2. The molecule has 0 aliphatic rings. The summed E-state index contributed by atoms with van der Waals surface area (Å²) in [7, 11) is 2.76. The van der Waals surface area contributed by atoms with Gasteiger partial charge in [-0.2, -0.15) is 0 Å². The van der Waals surface area contributed by atoms with E-state index in [1.54, 1.807) is 0 Å². The maximum atomic E-state index is 13.1. The van der Waals surface area contributed by atoms with Gasteiger partial charge in [-0.1, -0.05) is 17.7 Å². The molecular formula is C14H14ClFN2O4. The molecule has 0 radical (unpaired) electrons. The van der Waals surface area contributed by atoms with Crippen molar-refractivity contribution in [3.05, 3.63) is 46.4 Å². The first-order chi connectivity index (χ1) is 10.3. The zero-order valence-corrected chi connectivity index (χ0v) is 12.6. The third kappa shape index (κ3) is 3.00. The van der Waals surface area contributed by atoms with Crippen molar-refractivity contribution in [1.82, 2.24) is 9.63 Å². The Kier molecular flexibility index (Phi) is 4.58. The molecule has 2 rings (SSSR count). The van der Waals surface area contributed by atoms with E-state index in [2.05, 4.69) is 0 Å². The van der Waals surface area contributed by atoms with Gasteiger partial charge in [-0.15, -0.1) is 0 Å². The number of nitrogens with zero attached hydrogens (tertiary/aromatic N) is 2. The van der Waals surface area contributed by atoms with Crippen molar-refractivity contribution >= 4 is 17.5 Å². The number of rotatable bonds is 4. The highest BCUT2D eigenvalue weighted by Crippen LogP contribution is 2.31. The zero-order valence-electron chi connectivity index (χ0n) is 11.9. The number of carbonyl (C=O) groups excluding carboxylic acids is 1. The maximum Gasteiger partial charge on any atom is 0.283 e. The number of carbonyl (C=O) groups is 1. The van der Waals surface area contributed by atoms with Gasteiger partial charge in [0.1, 0.15) is 11.4 Å². The van der Waals surface area contributed by atoms with Crippen LogP contribution in [-0.2, 0) is 18.4 Å². The second-order valence-corrected chi connectivity index (χ2v) is 5.01. The summed E-state index contributed by atoms with van der Waals surface area (Å²) in [6.45, 7) is -0.00949. The van der Waals surface area contributed by atoms with Gasteiger partial charge < -0.3 is 14.8 Å². The second kappa shape index (κ2) is 6.25. The van der Waals surface area contributed by atoms with Gasteiger partial charge in [0.05, 0.1) is 18.7 Å². The van der Waals surface area contributed by atoms with Crippen molar-refractivity contribution in [1.29, 1.82) is 0 Å². The molecule has 1 aromatic carbocycles. The summed E-state index contributed by atoms with van der Waals surface area (Å²) in [6.07, 6.45) is 1.27. The van der Waals surface area contributed by atoms with E-state index in [1.807, 2.05) is 0 Å². The number of hydrogen-bond donors (Lipinski definition) is 2. The van der Waals surface area contributed by atoms with Crippen LogP contribution in [0.1, 0.15) is 15.9 Å². The minimum atomic E-state index is -0.656. The smallest absolute Gasteiger partial charge is 0.283 e. The van der Waals surface area contributed by atoms with Crippen LogP contribution in [0.5, 0.6) is 11.6 Å². The monoisotopic (exact) mass is 328 g/mol. The summed E-state index contributed by atoms with van der Waals surface area (Å²) >= 11 is 5.69. The molecule has 0 unspecified atom stereocenters. The van der Waals surface area contributed by atoms with Crippen LogP contribution in [0.2, 0.25) is 5.02 Å². The average Bonchev–Trinajstić information content (AvgIpc) is 2.75. The van der Waals surface area contributed by atoms with E-state index in [0.29, 0.717) is 5.56 Å². The molecule has 0 aliphatic carbocycles. The molecule has 0 spiro atoms. The summed E-state index contributed by atoms with van der Waals surface area (Å²) in [5.74, 6) is -2.18. The molecule has 2 aromatic rings. The van der Waals surface area contributed by atoms with E-state index in [0.717, 1.165) is 5.06 Å². The van der Waals surface area contributed by atoms with Crippen molar-refractivity contribution < 1.29 is 24.2 Å². The number of amides is 1. The van der Waals surface area contributed by atoms with Crippen LogP contribution in [0.3, 0.4) is 0 Å². The third-order valence-corrected chi connectivity index (χ3v) is 3.40. The molecule has 0 saturated heterocycles. The van der Waals surface area contributed by atoms with Crippen LogP contribution in [-0.4, -0.2) is 32.9 Å². The van der Waals surface area contributed by atoms with Crippen molar-refractivity contribution in [2.24, 2.45) is 7.05 Å². The lowest BCUT2D eigenvalue weighted by Crippen LogP contribution is -2.29. The van der Waals surface area contributed by atoms with E-state index in [-0.39, 0.29) is 17.1 Å². The van der Waals surface area contributed by atoms with E-state index in [1.165, 1.54) is 43.1 Å². The minimum absolute atomic E-state index is 0.00949. The predicted molar refractivity (Wildman–Crippen MR) is 77.0 cm³/mol. The molecular weight excluding hydrogens is 315 g/mol. The predicted octanol–water partition coefficient (Wildman–Crippen LogP) is 2.43. The van der Waals surface area contributed by atoms with Crippen LogP contribution < -0.4 is 0 Å². The maximum absolute atomic E-state index is 13.1. The Morgan fingerprint density at radius 3 is 2.64 bits per heavy atom. The van der Waals surface area contributed by atoms with E-state index in [9.17, 15) is 19.4 Å². The molecule has 8 heteroatoms. The van der Waals surface area contributed by atoms with Gasteiger partial charge in [-0.3, -0.25) is 9.63 Å². The van der Waals surface area contributed by atoms with Gasteiger partial charge in [0, 0.05) is 13.2 Å². The van der Waals surface area contributed by atoms with Crippen molar-refractivity contribution in [2.75, 3.05) is 7.11 Å². The van der Waals surface area contributed by atoms with Gasteiger partial charge in [-0.25, -0.2) is 9.45 Å². The molecule has 0 bridgehead atoms. The summed E-state index contributed by atoms with van der Waals surface area (Å²) < 4.78 is 14.3. The highest BCUT2D eigenvalue weighted by molar-refractivity contribution is 6.30. The Labute approximate surface area is 130 Å². The Morgan fingerprint density at radius 2 is 2.14 bits per heavy atom. The summed E-state index contributed by atoms with van der Waals surface area (Å²) in [4.78, 5) is 17.3. The lowest BCUT2D eigenvalue weighted by atomic mass is 10.2. The quantitative estimate of drug-likeness (QED) is 0.845. The Morgan fingerprint density at radius 1 is 1.45 bits per heavy atom. The van der Waals surface area contributed by atoms with Crippen LogP contribution in [0.25, 0.3) is 0 Å². The molecule has 2 N–H and O–H groups in total. The molecule has 1 aromatic heterocycles. The first-order valence-corrected chi connectivity index (χ1v) is 6.60. The lowest BCUT2D eigenvalue weighted by Gasteiger charge is -2.19. The fraction of sp³-hybridized carbons (Fsp3) is 0.214. The second-order valence-electron chi connectivity index (χ2n) is 4.60. The zero-order chi connectivity index (χ0) is 16.4. The fourth-order valence-electron chi connectivity index (χ4n) is 1.92. The Balaban J connectivity index is 2.25. The Bertz CT molecular complexity index is 717. The normalized spacial score (nSPS) is 10.7. The van der Waals surface area contributed by atoms with Gasteiger partial charge in [-0.05, 0) is 17.7 Å². The number of hydroxylamine groups is 2. The van der Waals surface area contributed by atoms with Gasteiger partial charge in [0.25, 0.3) is 5.91 Å². The van der Waals surface area contributed by atoms with Crippen LogP contribution in [0.4, 0.5) is 4.39 Å². The molecule has 0 aliphatic heterocycles.